The van der Waals surface area contributed by atoms with Crippen molar-refractivity contribution in [2.75, 3.05) is 5.73 Å². The van der Waals surface area contributed by atoms with E-state index in [4.69, 9.17) is 17.3 Å². The fraction of sp³-hybridized carbons (Fsp3) is 0. The Morgan fingerprint density at radius 1 is 1.50 bits per heavy atom. The number of pyridine rings is 1. The highest BCUT2D eigenvalue weighted by atomic mass is 79.9. The molecule has 0 aliphatic heterocycles. The molecule has 0 amide bonds. The lowest BCUT2D eigenvalue weighted by Crippen LogP contribution is -1.93. The van der Waals surface area contributed by atoms with Crippen LogP contribution in [0.4, 0.5) is 5.82 Å². The zero-order valence-corrected chi connectivity index (χ0v) is 8.30. The lowest BCUT2D eigenvalue weighted by molar-refractivity contribution is 1.19. The molecule has 2 N–H and O–H groups in total. The summed E-state index contributed by atoms with van der Waals surface area (Å²) >= 11 is 9.24. The van der Waals surface area contributed by atoms with Crippen LogP contribution in [0.2, 0.25) is 5.15 Å². The lowest BCUT2D eigenvalue weighted by Gasteiger charge is -1.99. The Labute approximate surface area is 82.3 Å². The van der Waals surface area contributed by atoms with Crippen LogP contribution in [0.25, 0.3) is 5.65 Å². The average molecular weight is 246 g/mol. The minimum Gasteiger partial charge on any atom is -0.383 e. The van der Waals surface area contributed by atoms with Crippen molar-refractivity contribution >= 4 is 39.0 Å². The van der Waals surface area contributed by atoms with Gasteiger partial charge in [0.05, 0.1) is 6.20 Å². The number of nitrogen functional groups attached to an aromatic ring is 1. The van der Waals surface area contributed by atoms with E-state index in [1.54, 1.807) is 16.7 Å². The first-order valence-electron chi connectivity index (χ1n) is 3.26. The van der Waals surface area contributed by atoms with Crippen molar-refractivity contribution in [2.24, 2.45) is 0 Å². The number of anilines is 1. The van der Waals surface area contributed by atoms with E-state index >= 15 is 0 Å². The molecule has 12 heavy (non-hydrogen) atoms. The van der Waals surface area contributed by atoms with Gasteiger partial charge in [-0.05, 0) is 12.1 Å². The van der Waals surface area contributed by atoms with Gasteiger partial charge in [0.2, 0.25) is 0 Å². The quantitative estimate of drug-likeness (QED) is 0.725. The molecule has 3 nitrogen and oxygen atoms in total. The highest BCUT2D eigenvalue weighted by molar-refractivity contribution is 9.10. The van der Waals surface area contributed by atoms with Crippen LogP contribution in [0.5, 0.6) is 0 Å². The molecule has 0 radical (unpaired) electrons. The predicted molar refractivity (Wildman–Crippen MR) is 52.3 cm³/mol. The molecule has 0 aromatic carbocycles. The zero-order chi connectivity index (χ0) is 8.72. The molecular formula is C7H5BrClN3. The molecule has 0 unspecified atom stereocenters. The van der Waals surface area contributed by atoms with Crippen LogP contribution in [0.3, 0.4) is 0 Å². The Morgan fingerprint density at radius 3 is 3.00 bits per heavy atom. The summed E-state index contributed by atoms with van der Waals surface area (Å²) in [7, 11) is 0. The molecule has 0 spiro atoms. The molecule has 0 atom stereocenters. The molecule has 2 heterocycles. The fourth-order valence-electron chi connectivity index (χ4n) is 1.06. The number of nitrogens with zero attached hydrogens (tertiary/aromatic N) is 2. The minimum atomic E-state index is 0.544. The summed E-state index contributed by atoms with van der Waals surface area (Å²) in [6.07, 6.45) is 1.58. The van der Waals surface area contributed by atoms with Crippen molar-refractivity contribution in [3.63, 3.8) is 0 Å². The maximum Gasteiger partial charge on any atom is 0.140 e. The largest absolute Gasteiger partial charge is 0.383 e. The van der Waals surface area contributed by atoms with E-state index in [2.05, 4.69) is 20.9 Å². The van der Waals surface area contributed by atoms with Gasteiger partial charge in [-0.15, -0.1) is 0 Å². The normalized spacial score (nSPS) is 10.8. The third kappa shape index (κ3) is 1.07. The molecule has 2 rings (SSSR count). The number of imidazole rings is 1. The monoisotopic (exact) mass is 245 g/mol. The van der Waals surface area contributed by atoms with E-state index in [1.165, 1.54) is 0 Å². The number of aromatic nitrogens is 2. The maximum absolute atomic E-state index is 5.92. The van der Waals surface area contributed by atoms with Crippen molar-refractivity contribution in [2.45, 2.75) is 0 Å². The van der Waals surface area contributed by atoms with Crippen LogP contribution in [-0.4, -0.2) is 9.38 Å². The van der Waals surface area contributed by atoms with Crippen molar-refractivity contribution < 1.29 is 0 Å². The number of hydrogen-bond acceptors (Lipinski definition) is 2. The summed E-state index contributed by atoms with van der Waals surface area (Å²) < 4.78 is 2.57. The van der Waals surface area contributed by atoms with Crippen LogP contribution in [-0.2, 0) is 0 Å². The van der Waals surface area contributed by atoms with Gasteiger partial charge in [-0.25, -0.2) is 4.98 Å². The zero-order valence-electron chi connectivity index (χ0n) is 5.96. The molecule has 0 fully saturated rings. The summed E-state index contributed by atoms with van der Waals surface area (Å²) in [5.74, 6) is 0.544. The topological polar surface area (TPSA) is 43.3 Å². The van der Waals surface area contributed by atoms with Crippen LogP contribution in [0, 0.1) is 0 Å². The van der Waals surface area contributed by atoms with Crippen LogP contribution >= 0.6 is 27.5 Å². The predicted octanol–water partition coefficient (Wildman–Crippen LogP) is 2.33. The molecule has 5 heteroatoms. The van der Waals surface area contributed by atoms with Crippen molar-refractivity contribution in [1.29, 1.82) is 0 Å². The van der Waals surface area contributed by atoms with Gasteiger partial charge >= 0.3 is 0 Å². The SMILES string of the molecule is Nc1cnc2cc(Br)cc(Cl)n12. The van der Waals surface area contributed by atoms with E-state index in [9.17, 15) is 0 Å². The molecule has 0 saturated carbocycles. The first-order valence-corrected chi connectivity index (χ1v) is 4.43. The molecule has 2 aromatic rings. The number of halogens is 2. The maximum atomic E-state index is 5.92. The first kappa shape index (κ1) is 7.89. The lowest BCUT2D eigenvalue weighted by atomic mass is 10.5. The Kier molecular flexibility index (Phi) is 1.73. The Balaban J connectivity index is 2.93. The first-order chi connectivity index (χ1) is 5.68. The standard InChI is InChI=1S/C7H5BrClN3/c8-4-1-5(9)12-6(10)3-11-7(12)2-4/h1-3H,10H2. The van der Waals surface area contributed by atoms with E-state index in [1.807, 2.05) is 6.07 Å². The summed E-state index contributed by atoms with van der Waals surface area (Å²) in [6.45, 7) is 0. The van der Waals surface area contributed by atoms with E-state index in [-0.39, 0.29) is 0 Å². The number of hydrogen-bond donors (Lipinski definition) is 1. The molecule has 2 aromatic heterocycles. The van der Waals surface area contributed by atoms with Crippen molar-refractivity contribution in [3.8, 4) is 0 Å². The van der Waals surface area contributed by atoms with Gasteiger partial charge < -0.3 is 5.73 Å². The Hall–Kier alpha value is -0.740. The van der Waals surface area contributed by atoms with Gasteiger partial charge in [0.25, 0.3) is 0 Å². The van der Waals surface area contributed by atoms with Gasteiger partial charge in [0.15, 0.2) is 0 Å². The second-order valence-electron chi connectivity index (χ2n) is 2.37. The van der Waals surface area contributed by atoms with Crippen LogP contribution in [0.15, 0.2) is 22.8 Å². The minimum absolute atomic E-state index is 0.544. The smallest absolute Gasteiger partial charge is 0.140 e. The highest BCUT2D eigenvalue weighted by Gasteiger charge is 2.04. The third-order valence-corrected chi connectivity index (χ3v) is 2.29. The Bertz CT molecular complexity index is 437. The van der Waals surface area contributed by atoms with Gasteiger partial charge in [-0.3, -0.25) is 4.40 Å². The third-order valence-electron chi connectivity index (χ3n) is 1.55. The van der Waals surface area contributed by atoms with Crippen molar-refractivity contribution in [1.82, 2.24) is 9.38 Å². The molecule has 0 aliphatic rings. The highest BCUT2D eigenvalue weighted by Crippen LogP contribution is 2.22. The molecule has 0 saturated heterocycles. The van der Waals surface area contributed by atoms with Crippen molar-refractivity contribution in [3.05, 3.63) is 28.0 Å². The summed E-state index contributed by atoms with van der Waals surface area (Å²) in [5, 5.41) is 0.550. The van der Waals surface area contributed by atoms with Gasteiger partial charge in [0.1, 0.15) is 16.6 Å². The van der Waals surface area contributed by atoms with E-state index in [0.717, 1.165) is 10.1 Å². The van der Waals surface area contributed by atoms with Gasteiger partial charge in [-0.1, -0.05) is 27.5 Å². The van der Waals surface area contributed by atoms with Crippen LogP contribution in [0.1, 0.15) is 0 Å². The number of rotatable bonds is 0. The molecule has 0 bridgehead atoms. The van der Waals surface area contributed by atoms with E-state index in [0.29, 0.717) is 11.0 Å². The van der Waals surface area contributed by atoms with E-state index < -0.39 is 0 Å². The van der Waals surface area contributed by atoms with Gasteiger partial charge in [-0.2, -0.15) is 0 Å². The number of fused-ring (bicyclic) bond motifs is 1. The fourth-order valence-corrected chi connectivity index (χ4v) is 1.91. The number of nitrogens with two attached hydrogens (primary N) is 1. The molecule has 0 aliphatic carbocycles. The average Bonchev–Trinajstić information content (AvgIpc) is 2.31. The Morgan fingerprint density at radius 2 is 2.25 bits per heavy atom. The molecule has 62 valence electrons. The second-order valence-corrected chi connectivity index (χ2v) is 3.68. The summed E-state index contributed by atoms with van der Waals surface area (Å²) in [6, 6.07) is 3.62. The molecular weight excluding hydrogens is 241 g/mol. The summed E-state index contributed by atoms with van der Waals surface area (Å²) in [4.78, 5) is 4.06. The second kappa shape index (κ2) is 2.64. The van der Waals surface area contributed by atoms with Crippen LogP contribution < -0.4 is 5.73 Å². The summed E-state index contributed by atoms with van der Waals surface area (Å²) in [5.41, 5.74) is 6.37. The van der Waals surface area contributed by atoms with Gasteiger partial charge in [0, 0.05) is 4.47 Å².